The van der Waals surface area contributed by atoms with Crippen molar-refractivity contribution in [1.29, 1.82) is 0 Å². The number of carbonyl (C=O) groups excluding carboxylic acids is 1. The molecule has 3 unspecified atom stereocenters. The second-order valence-corrected chi connectivity index (χ2v) is 5.03. The lowest BCUT2D eigenvalue weighted by atomic mass is 9.92. The van der Waals surface area contributed by atoms with Crippen LogP contribution in [-0.4, -0.2) is 42.6 Å². The number of hydrogen-bond acceptors (Lipinski definition) is 3. The van der Waals surface area contributed by atoms with Crippen LogP contribution in [0.4, 0.5) is 0 Å². The van der Waals surface area contributed by atoms with Crippen molar-refractivity contribution >= 4 is 5.91 Å². The van der Waals surface area contributed by atoms with Crippen molar-refractivity contribution in [3.63, 3.8) is 0 Å². The first-order chi connectivity index (χ1) is 8.18. The minimum absolute atomic E-state index is 0.00756. The van der Waals surface area contributed by atoms with Crippen LogP contribution in [0, 0.1) is 5.92 Å². The van der Waals surface area contributed by atoms with E-state index in [0.717, 1.165) is 19.3 Å². The van der Waals surface area contributed by atoms with Crippen molar-refractivity contribution < 1.29 is 9.53 Å². The summed E-state index contributed by atoms with van der Waals surface area (Å²) >= 11 is 0. The van der Waals surface area contributed by atoms with Gasteiger partial charge in [-0.25, -0.2) is 0 Å². The Hall–Kier alpha value is -0.870. The van der Waals surface area contributed by atoms with E-state index >= 15 is 0 Å². The van der Waals surface area contributed by atoms with Crippen molar-refractivity contribution in [3.05, 3.63) is 12.2 Å². The topological polar surface area (TPSA) is 55.6 Å². The zero-order valence-electron chi connectivity index (χ0n) is 10.5. The molecule has 1 saturated heterocycles. The van der Waals surface area contributed by atoms with Gasteiger partial charge in [-0.3, -0.25) is 4.79 Å². The highest BCUT2D eigenvalue weighted by Crippen LogP contribution is 2.22. The molecule has 0 saturated carbocycles. The summed E-state index contributed by atoms with van der Waals surface area (Å²) in [5, 5.41) is 0. The second kappa shape index (κ2) is 5.65. The van der Waals surface area contributed by atoms with Crippen LogP contribution in [0.1, 0.15) is 26.2 Å². The number of nitrogens with two attached hydrogens (primary N) is 1. The fourth-order valence-electron chi connectivity index (χ4n) is 2.47. The van der Waals surface area contributed by atoms with E-state index in [1.807, 2.05) is 11.8 Å². The molecule has 2 aliphatic rings. The van der Waals surface area contributed by atoms with Gasteiger partial charge in [-0.15, -0.1) is 0 Å². The Morgan fingerprint density at radius 1 is 1.53 bits per heavy atom. The monoisotopic (exact) mass is 238 g/mol. The van der Waals surface area contributed by atoms with Crippen molar-refractivity contribution in [2.75, 3.05) is 19.7 Å². The van der Waals surface area contributed by atoms with Gasteiger partial charge in [0.05, 0.1) is 12.7 Å². The molecular weight excluding hydrogens is 216 g/mol. The lowest BCUT2D eigenvalue weighted by molar-refractivity contribution is -0.143. The maximum atomic E-state index is 12.3. The minimum Gasteiger partial charge on any atom is -0.373 e. The first-order valence-corrected chi connectivity index (χ1v) is 6.49. The van der Waals surface area contributed by atoms with E-state index in [9.17, 15) is 4.79 Å². The van der Waals surface area contributed by atoms with Crippen LogP contribution in [0.3, 0.4) is 0 Å². The largest absolute Gasteiger partial charge is 0.373 e. The van der Waals surface area contributed by atoms with Gasteiger partial charge in [0.2, 0.25) is 5.91 Å². The first-order valence-electron chi connectivity index (χ1n) is 6.49. The Labute approximate surface area is 103 Å². The summed E-state index contributed by atoms with van der Waals surface area (Å²) in [6.07, 6.45) is 7.17. The molecular formula is C13H22N2O2. The average molecular weight is 238 g/mol. The third kappa shape index (κ3) is 3.07. The van der Waals surface area contributed by atoms with Gasteiger partial charge in [0, 0.05) is 25.0 Å². The van der Waals surface area contributed by atoms with Crippen molar-refractivity contribution in [2.45, 2.75) is 38.3 Å². The van der Waals surface area contributed by atoms with Crippen LogP contribution in [0.25, 0.3) is 0 Å². The van der Waals surface area contributed by atoms with Gasteiger partial charge in [0.1, 0.15) is 0 Å². The third-order valence-corrected chi connectivity index (χ3v) is 3.61. The number of amides is 1. The highest BCUT2D eigenvalue weighted by molar-refractivity contribution is 5.79. The zero-order valence-corrected chi connectivity index (χ0v) is 10.5. The van der Waals surface area contributed by atoms with Gasteiger partial charge < -0.3 is 15.4 Å². The van der Waals surface area contributed by atoms with Crippen LogP contribution in [0.5, 0.6) is 0 Å². The molecule has 1 heterocycles. The molecule has 1 fully saturated rings. The minimum atomic E-state index is -0.0168. The Morgan fingerprint density at radius 3 is 3.00 bits per heavy atom. The van der Waals surface area contributed by atoms with Gasteiger partial charge in [0.25, 0.3) is 0 Å². The summed E-state index contributed by atoms with van der Waals surface area (Å²) in [6.45, 7) is 3.90. The smallest absolute Gasteiger partial charge is 0.226 e. The Bertz CT molecular complexity index is 302. The molecule has 0 aromatic rings. The van der Waals surface area contributed by atoms with E-state index in [-0.39, 0.29) is 24.0 Å². The highest BCUT2D eigenvalue weighted by atomic mass is 16.5. The average Bonchev–Trinajstić information content (AvgIpc) is 2.39. The number of morpholine rings is 1. The van der Waals surface area contributed by atoms with E-state index in [2.05, 4.69) is 12.2 Å². The molecule has 0 aromatic carbocycles. The van der Waals surface area contributed by atoms with Gasteiger partial charge in [-0.05, 0) is 26.2 Å². The van der Waals surface area contributed by atoms with E-state index in [1.54, 1.807) is 0 Å². The summed E-state index contributed by atoms with van der Waals surface area (Å²) < 4.78 is 5.57. The SMILES string of the molecule is CC(N)C1CN(C(=O)C2CC=CCC2)CCO1. The van der Waals surface area contributed by atoms with Crippen molar-refractivity contribution in [1.82, 2.24) is 4.90 Å². The molecule has 3 atom stereocenters. The van der Waals surface area contributed by atoms with Gasteiger partial charge >= 0.3 is 0 Å². The van der Waals surface area contributed by atoms with E-state index in [4.69, 9.17) is 10.5 Å². The van der Waals surface area contributed by atoms with Crippen molar-refractivity contribution in [3.8, 4) is 0 Å². The van der Waals surface area contributed by atoms with E-state index in [0.29, 0.717) is 19.7 Å². The fraction of sp³-hybridized carbons (Fsp3) is 0.769. The maximum absolute atomic E-state index is 12.3. The van der Waals surface area contributed by atoms with E-state index < -0.39 is 0 Å². The number of hydrogen-bond donors (Lipinski definition) is 1. The number of carbonyl (C=O) groups is 1. The fourth-order valence-corrected chi connectivity index (χ4v) is 2.47. The summed E-state index contributed by atoms with van der Waals surface area (Å²) in [5.41, 5.74) is 5.83. The molecule has 2 N–H and O–H groups in total. The summed E-state index contributed by atoms with van der Waals surface area (Å²) in [5.74, 6) is 0.454. The molecule has 96 valence electrons. The van der Waals surface area contributed by atoms with Crippen LogP contribution in [0.2, 0.25) is 0 Å². The lowest BCUT2D eigenvalue weighted by Crippen LogP contribution is -2.52. The van der Waals surface area contributed by atoms with Crippen LogP contribution in [-0.2, 0) is 9.53 Å². The Kier molecular flexibility index (Phi) is 4.18. The summed E-state index contributed by atoms with van der Waals surface area (Å²) in [4.78, 5) is 14.2. The maximum Gasteiger partial charge on any atom is 0.226 e. The van der Waals surface area contributed by atoms with E-state index in [1.165, 1.54) is 0 Å². The Morgan fingerprint density at radius 2 is 2.35 bits per heavy atom. The molecule has 2 rings (SSSR count). The van der Waals surface area contributed by atoms with Gasteiger partial charge in [-0.1, -0.05) is 12.2 Å². The molecule has 0 radical (unpaired) electrons. The predicted molar refractivity (Wildman–Crippen MR) is 66.5 cm³/mol. The normalized spacial score (nSPS) is 31.3. The number of rotatable bonds is 2. The molecule has 17 heavy (non-hydrogen) atoms. The number of allylic oxidation sites excluding steroid dienone is 2. The quantitative estimate of drug-likeness (QED) is 0.728. The van der Waals surface area contributed by atoms with Crippen LogP contribution in [0.15, 0.2) is 12.2 Å². The second-order valence-electron chi connectivity index (χ2n) is 5.03. The Balaban J connectivity index is 1.92. The molecule has 0 bridgehead atoms. The summed E-state index contributed by atoms with van der Waals surface area (Å²) in [6, 6.07) is -0.0168. The number of nitrogens with zero attached hydrogens (tertiary/aromatic N) is 1. The predicted octanol–water partition coefficient (Wildman–Crippen LogP) is 0.917. The molecule has 0 aromatic heterocycles. The zero-order chi connectivity index (χ0) is 12.3. The van der Waals surface area contributed by atoms with Crippen LogP contribution < -0.4 is 5.73 Å². The summed E-state index contributed by atoms with van der Waals surface area (Å²) in [7, 11) is 0. The van der Waals surface area contributed by atoms with Crippen LogP contribution >= 0.6 is 0 Å². The molecule has 0 spiro atoms. The molecule has 1 aliphatic carbocycles. The molecule has 4 heteroatoms. The number of ether oxygens (including phenoxy) is 1. The van der Waals surface area contributed by atoms with Gasteiger partial charge in [-0.2, -0.15) is 0 Å². The van der Waals surface area contributed by atoms with Crippen molar-refractivity contribution in [2.24, 2.45) is 11.7 Å². The standard InChI is InChI=1S/C13H22N2O2/c1-10(14)12-9-15(7-8-17-12)13(16)11-5-3-2-4-6-11/h2-3,10-12H,4-9,14H2,1H3. The lowest BCUT2D eigenvalue weighted by Gasteiger charge is -2.36. The molecule has 4 nitrogen and oxygen atoms in total. The first kappa shape index (κ1) is 12.6. The van der Waals surface area contributed by atoms with Gasteiger partial charge in [0.15, 0.2) is 0 Å². The highest BCUT2D eigenvalue weighted by Gasteiger charge is 2.30. The third-order valence-electron chi connectivity index (χ3n) is 3.61. The molecule has 1 aliphatic heterocycles. The molecule has 1 amide bonds.